The third-order valence-electron chi connectivity index (χ3n) is 3.92. The summed E-state index contributed by atoms with van der Waals surface area (Å²) in [6.45, 7) is 0.0206. The number of pyridine rings is 1. The van der Waals surface area contributed by atoms with E-state index in [0.717, 1.165) is 12.1 Å². The van der Waals surface area contributed by atoms with Crippen LogP contribution in [0.15, 0.2) is 65.6 Å². The lowest BCUT2D eigenvalue weighted by Crippen LogP contribution is -2.29. The number of carbonyl (C=O) groups excluding carboxylic acids is 1. The minimum Gasteiger partial charge on any atom is -0.322 e. The Kier molecular flexibility index (Phi) is 5.25. The van der Waals surface area contributed by atoms with Crippen LogP contribution in [0.1, 0.15) is 15.9 Å². The van der Waals surface area contributed by atoms with Crippen LogP contribution >= 0.6 is 0 Å². The average Bonchev–Trinajstić information content (AvgIpc) is 2.66. The van der Waals surface area contributed by atoms with Gasteiger partial charge in [0.15, 0.2) is 11.6 Å². The maximum absolute atomic E-state index is 13.3. The first-order valence-corrected chi connectivity index (χ1v) is 8.04. The number of carbonyl (C=O) groups is 1. The summed E-state index contributed by atoms with van der Waals surface area (Å²) in [7, 11) is 0. The molecule has 2 aromatic carbocycles. The Morgan fingerprint density at radius 3 is 2.57 bits per heavy atom. The molecule has 0 unspecified atom stereocenters. The standard InChI is InChI=1S/C19H13F2N3O4/c20-16-7-6-13(10-17(16)21)22-18(25)15-5-2-8-23(19(15)26)11-12-3-1-4-14(9-12)24(27)28/h1-10H,11H2,(H,22,25). The largest absolute Gasteiger partial charge is 0.322 e. The lowest BCUT2D eigenvalue weighted by atomic mass is 10.2. The molecule has 0 atom stereocenters. The number of nitro groups is 1. The number of non-ortho nitro benzene ring substituents is 1. The van der Waals surface area contributed by atoms with E-state index >= 15 is 0 Å². The number of aromatic nitrogens is 1. The number of hydrogen-bond acceptors (Lipinski definition) is 4. The number of anilines is 1. The van der Waals surface area contributed by atoms with E-state index in [-0.39, 0.29) is 23.5 Å². The molecule has 0 aliphatic rings. The molecule has 9 heteroatoms. The van der Waals surface area contributed by atoms with Crippen molar-refractivity contribution < 1.29 is 18.5 Å². The van der Waals surface area contributed by atoms with Gasteiger partial charge in [-0.15, -0.1) is 0 Å². The molecule has 0 aliphatic carbocycles. The molecule has 0 spiro atoms. The molecule has 1 N–H and O–H groups in total. The lowest BCUT2D eigenvalue weighted by Gasteiger charge is -2.09. The Labute approximate surface area is 157 Å². The summed E-state index contributed by atoms with van der Waals surface area (Å²) in [6, 6.07) is 11.4. The first-order chi connectivity index (χ1) is 13.3. The van der Waals surface area contributed by atoms with E-state index in [1.807, 2.05) is 0 Å². The number of hydrogen-bond donors (Lipinski definition) is 1. The molecule has 0 saturated carbocycles. The summed E-state index contributed by atoms with van der Waals surface area (Å²) in [4.78, 5) is 35.3. The number of nitrogens with zero attached hydrogens (tertiary/aromatic N) is 2. The van der Waals surface area contributed by atoms with E-state index in [9.17, 15) is 28.5 Å². The van der Waals surface area contributed by atoms with Crippen molar-refractivity contribution >= 4 is 17.3 Å². The van der Waals surface area contributed by atoms with Crippen LogP contribution in [0, 0.1) is 21.7 Å². The van der Waals surface area contributed by atoms with Crippen molar-refractivity contribution in [2.24, 2.45) is 0 Å². The first kappa shape index (κ1) is 18.9. The Morgan fingerprint density at radius 2 is 1.86 bits per heavy atom. The van der Waals surface area contributed by atoms with Gasteiger partial charge in [0.2, 0.25) is 0 Å². The molecular weight excluding hydrogens is 372 g/mol. The molecule has 142 valence electrons. The number of benzene rings is 2. The van der Waals surface area contributed by atoms with Crippen LogP contribution in [-0.4, -0.2) is 15.4 Å². The fraction of sp³-hybridized carbons (Fsp3) is 0.0526. The third-order valence-corrected chi connectivity index (χ3v) is 3.92. The molecule has 28 heavy (non-hydrogen) atoms. The predicted molar refractivity (Wildman–Crippen MR) is 97.2 cm³/mol. The smallest absolute Gasteiger partial charge is 0.269 e. The van der Waals surface area contributed by atoms with Crippen LogP contribution in [-0.2, 0) is 6.54 Å². The predicted octanol–water partition coefficient (Wildman–Crippen LogP) is 3.34. The lowest BCUT2D eigenvalue weighted by molar-refractivity contribution is -0.384. The van der Waals surface area contributed by atoms with Crippen molar-refractivity contribution in [3.05, 3.63) is 104 Å². The van der Waals surface area contributed by atoms with Gasteiger partial charge in [0.25, 0.3) is 17.2 Å². The van der Waals surface area contributed by atoms with Crippen molar-refractivity contribution in [2.75, 3.05) is 5.32 Å². The molecule has 0 bridgehead atoms. The van der Waals surface area contributed by atoms with E-state index in [4.69, 9.17) is 0 Å². The minimum absolute atomic E-state index is 0.00242. The Bertz CT molecular complexity index is 1130. The van der Waals surface area contributed by atoms with Crippen LogP contribution in [0.4, 0.5) is 20.2 Å². The molecular formula is C19H13F2N3O4. The maximum atomic E-state index is 13.3. The summed E-state index contributed by atoms with van der Waals surface area (Å²) >= 11 is 0. The quantitative estimate of drug-likeness (QED) is 0.538. The highest BCUT2D eigenvalue weighted by molar-refractivity contribution is 6.03. The van der Waals surface area contributed by atoms with Crippen LogP contribution in [0.3, 0.4) is 0 Å². The summed E-state index contributed by atoms with van der Waals surface area (Å²) in [6.07, 6.45) is 1.44. The zero-order valence-corrected chi connectivity index (χ0v) is 14.3. The summed E-state index contributed by atoms with van der Waals surface area (Å²) in [5, 5.41) is 13.2. The summed E-state index contributed by atoms with van der Waals surface area (Å²) in [5.41, 5.74) is -0.448. The highest BCUT2D eigenvalue weighted by atomic mass is 19.2. The Hall–Kier alpha value is -3.88. The van der Waals surface area contributed by atoms with Crippen molar-refractivity contribution in [1.29, 1.82) is 0 Å². The first-order valence-electron chi connectivity index (χ1n) is 8.04. The SMILES string of the molecule is O=C(Nc1ccc(F)c(F)c1)c1cccn(Cc2cccc([N+](=O)[O-])c2)c1=O. The Balaban J connectivity index is 1.85. The number of rotatable bonds is 5. The molecule has 0 radical (unpaired) electrons. The van der Waals surface area contributed by atoms with Gasteiger partial charge in [-0.25, -0.2) is 8.78 Å². The monoisotopic (exact) mass is 385 g/mol. The molecule has 1 amide bonds. The van der Waals surface area contributed by atoms with Gasteiger partial charge in [-0.3, -0.25) is 19.7 Å². The number of nitrogens with one attached hydrogen (secondary N) is 1. The van der Waals surface area contributed by atoms with E-state index in [0.29, 0.717) is 5.56 Å². The van der Waals surface area contributed by atoms with E-state index in [2.05, 4.69) is 5.32 Å². The van der Waals surface area contributed by atoms with Crippen molar-refractivity contribution in [3.63, 3.8) is 0 Å². The van der Waals surface area contributed by atoms with Gasteiger partial charge >= 0.3 is 0 Å². The van der Waals surface area contributed by atoms with Crippen molar-refractivity contribution in [3.8, 4) is 0 Å². The van der Waals surface area contributed by atoms with E-state index < -0.39 is 28.0 Å². The molecule has 7 nitrogen and oxygen atoms in total. The summed E-state index contributed by atoms with van der Waals surface area (Å²) < 4.78 is 27.5. The van der Waals surface area contributed by atoms with Gasteiger partial charge in [-0.2, -0.15) is 0 Å². The molecule has 3 rings (SSSR count). The van der Waals surface area contributed by atoms with Crippen LogP contribution < -0.4 is 10.9 Å². The molecule has 3 aromatic rings. The highest BCUT2D eigenvalue weighted by Crippen LogP contribution is 2.15. The van der Waals surface area contributed by atoms with E-state index in [1.165, 1.54) is 47.2 Å². The van der Waals surface area contributed by atoms with Crippen molar-refractivity contribution in [1.82, 2.24) is 4.57 Å². The van der Waals surface area contributed by atoms with Gasteiger partial charge in [0.1, 0.15) is 5.56 Å². The van der Waals surface area contributed by atoms with E-state index in [1.54, 1.807) is 6.07 Å². The minimum atomic E-state index is -1.13. The second-order valence-corrected chi connectivity index (χ2v) is 5.86. The normalized spacial score (nSPS) is 10.5. The van der Waals surface area contributed by atoms with Crippen LogP contribution in [0.25, 0.3) is 0 Å². The molecule has 0 aliphatic heterocycles. The van der Waals surface area contributed by atoms with Gasteiger partial charge < -0.3 is 9.88 Å². The van der Waals surface area contributed by atoms with Crippen LogP contribution in [0.2, 0.25) is 0 Å². The van der Waals surface area contributed by atoms with Gasteiger partial charge in [0.05, 0.1) is 11.5 Å². The van der Waals surface area contributed by atoms with Gasteiger partial charge in [-0.05, 0) is 29.8 Å². The topological polar surface area (TPSA) is 94.2 Å². The molecule has 0 fully saturated rings. The summed E-state index contributed by atoms with van der Waals surface area (Å²) in [5.74, 6) is -2.98. The fourth-order valence-corrected chi connectivity index (χ4v) is 2.57. The third kappa shape index (κ3) is 4.09. The second-order valence-electron chi connectivity index (χ2n) is 5.86. The second kappa shape index (κ2) is 7.78. The molecule has 1 heterocycles. The molecule has 1 aromatic heterocycles. The number of nitro benzene ring substituents is 1. The zero-order chi connectivity index (χ0) is 20.3. The Morgan fingerprint density at radius 1 is 1.07 bits per heavy atom. The van der Waals surface area contributed by atoms with Gasteiger partial charge in [-0.1, -0.05) is 12.1 Å². The number of halogens is 2. The van der Waals surface area contributed by atoms with Gasteiger partial charge in [0, 0.05) is 30.1 Å². The maximum Gasteiger partial charge on any atom is 0.269 e. The average molecular weight is 385 g/mol. The van der Waals surface area contributed by atoms with Crippen molar-refractivity contribution in [2.45, 2.75) is 6.54 Å². The highest BCUT2D eigenvalue weighted by Gasteiger charge is 2.14. The fourth-order valence-electron chi connectivity index (χ4n) is 2.57. The molecule has 0 saturated heterocycles. The zero-order valence-electron chi connectivity index (χ0n) is 14.3. The van der Waals surface area contributed by atoms with Crippen LogP contribution in [0.5, 0.6) is 0 Å². The number of amides is 1.